The maximum absolute atomic E-state index is 12.3. The summed E-state index contributed by atoms with van der Waals surface area (Å²) in [5.41, 5.74) is 0.452. The van der Waals surface area contributed by atoms with Crippen molar-refractivity contribution >= 4 is 11.8 Å². The standard InChI is InChI=1S/C15H26N4O3/c1-11(18-12-8-16-17-9-12)7-13-10-21-6-5-19(13)14(20)22-15(2,3)4/h8-9,11,13,18H,5-7,10H2,1-4H3,(H,16,17). The third kappa shape index (κ3) is 4.91. The first-order valence-corrected chi connectivity index (χ1v) is 7.68. The number of H-pyrrole nitrogens is 1. The number of nitrogens with zero attached hydrogens (tertiary/aromatic N) is 2. The van der Waals surface area contributed by atoms with Crippen LogP contribution in [-0.2, 0) is 9.47 Å². The van der Waals surface area contributed by atoms with Crippen LogP contribution in [0.1, 0.15) is 34.1 Å². The zero-order chi connectivity index (χ0) is 16.2. The summed E-state index contributed by atoms with van der Waals surface area (Å²) in [4.78, 5) is 14.1. The van der Waals surface area contributed by atoms with Crippen molar-refractivity contribution < 1.29 is 14.3 Å². The molecule has 7 heteroatoms. The lowest BCUT2D eigenvalue weighted by Gasteiger charge is -2.37. The molecule has 0 radical (unpaired) electrons. The van der Waals surface area contributed by atoms with E-state index < -0.39 is 5.60 Å². The van der Waals surface area contributed by atoms with Gasteiger partial charge in [0.15, 0.2) is 0 Å². The van der Waals surface area contributed by atoms with E-state index in [1.165, 1.54) is 0 Å². The minimum atomic E-state index is -0.486. The monoisotopic (exact) mass is 310 g/mol. The number of rotatable bonds is 4. The van der Waals surface area contributed by atoms with Gasteiger partial charge >= 0.3 is 6.09 Å². The Morgan fingerprint density at radius 2 is 2.41 bits per heavy atom. The van der Waals surface area contributed by atoms with Crippen LogP contribution in [0.15, 0.2) is 12.4 Å². The second kappa shape index (κ2) is 7.00. The zero-order valence-electron chi connectivity index (χ0n) is 13.8. The summed E-state index contributed by atoms with van der Waals surface area (Å²) in [6, 6.07) is 0.201. The first kappa shape index (κ1) is 16.6. The predicted molar refractivity (Wildman–Crippen MR) is 83.8 cm³/mol. The number of morpholine rings is 1. The number of anilines is 1. The van der Waals surface area contributed by atoms with Crippen molar-refractivity contribution in [2.75, 3.05) is 25.1 Å². The molecule has 1 aliphatic rings. The molecule has 1 aromatic heterocycles. The Hall–Kier alpha value is -1.76. The third-order valence-corrected chi connectivity index (χ3v) is 3.39. The molecular formula is C15H26N4O3. The maximum atomic E-state index is 12.3. The van der Waals surface area contributed by atoms with Gasteiger partial charge in [-0.05, 0) is 34.1 Å². The Kier molecular flexibility index (Phi) is 5.28. The third-order valence-electron chi connectivity index (χ3n) is 3.39. The van der Waals surface area contributed by atoms with Gasteiger partial charge in [-0.1, -0.05) is 0 Å². The summed E-state index contributed by atoms with van der Waals surface area (Å²) >= 11 is 0. The number of hydrogen-bond acceptors (Lipinski definition) is 5. The fourth-order valence-electron chi connectivity index (χ4n) is 2.49. The Balaban J connectivity index is 1.92. The number of amides is 1. The lowest BCUT2D eigenvalue weighted by Crippen LogP contribution is -2.51. The van der Waals surface area contributed by atoms with Crippen LogP contribution in [-0.4, -0.2) is 58.6 Å². The van der Waals surface area contributed by atoms with E-state index in [9.17, 15) is 4.79 Å². The second-order valence-electron chi connectivity index (χ2n) is 6.67. The van der Waals surface area contributed by atoms with Crippen molar-refractivity contribution in [3.63, 3.8) is 0 Å². The molecule has 1 aromatic rings. The fourth-order valence-corrected chi connectivity index (χ4v) is 2.49. The van der Waals surface area contributed by atoms with Crippen LogP contribution in [0, 0.1) is 0 Å². The van der Waals surface area contributed by atoms with Crippen LogP contribution in [0.3, 0.4) is 0 Å². The van der Waals surface area contributed by atoms with E-state index in [1.807, 2.05) is 20.8 Å². The Morgan fingerprint density at radius 1 is 1.64 bits per heavy atom. The van der Waals surface area contributed by atoms with E-state index in [0.29, 0.717) is 19.8 Å². The molecule has 1 aliphatic heterocycles. The number of carbonyl (C=O) groups is 1. The van der Waals surface area contributed by atoms with Crippen molar-refractivity contribution in [1.82, 2.24) is 15.1 Å². The number of aromatic amines is 1. The molecule has 2 N–H and O–H groups in total. The Bertz CT molecular complexity index is 470. The number of carbonyl (C=O) groups excluding carboxylic acids is 1. The fraction of sp³-hybridized carbons (Fsp3) is 0.733. The highest BCUT2D eigenvalue weighted by Crippen LogP contribution is 2.18. The zero-order valence-corrected chi connectivity index (χ0v) is 13.8. The largest absolute Gasteiger partial charge is 0.444 e. The van der Waals surface area contributed by atoms with Gasteiger partial charge in [-0.15, -0.1) is 0 Å². The average Bonchev–Trinajstić information content (AvgIpc) is 2.90. The van der Waals surface area contributed by atoms with Crippen LogP contribution in [0.2, 0.25) is 0 Å². The molecule has 22 heavy (non-hydrogen) atoms. The van der Waals surface area contributed by atoms with E-state index >= 15 is 0 Å². The average molecular weight is 310 g/mol. The van der Waals surface area contributed by atoms with Gasteiger partial charge in [0, 0.05) is 18.8 Å². The van der Waals surface area contributed by atoms with Gasteiger partial charge in [0.1, 0.15) is 5.60 Å². The lowest BCUT2D eigenvalue weighted by molar-refractivity contribution is -0.0345. The smallest absolute Gasteiger partial charge is 0.410 e. The van der Waals surface area contributed by atoms with Crippen LogP contribution >= 0.6 is 0 Å². The molecule has 0 aliphatic carbocycles. The summed E-state index contributed by atoms with van der Waals surface area (Å²) in [7, 11) is 0. The SMILES string of the molecule is CC(CC1COCCN1C(=O)OC(C)(C)C)Nc1cn[nH]c1. The molecule has 7 nitrogen and oxygen atoms in total. The van der Waals surface area contributed by atoms with Crippen molar-refractivity contribution in [3.05, 3.63) is 12.4 Å². The normalized spacial score (nSPS) is 20.5. The molecule has 2 rings (SSSR count). The van der Waals surface area contributed by atoms with Crippen molar-refractivity contribution in [2.45, 2.75) is 51.8 Å². The molecule has 1 saturated heterocycles. The molecule has 2 unspecified atom stereocenters. The highest BCUT2D eigenvalue weighted by Gasteiger charge is 2.31. The minimum Gasteiger partial charge on any atom is -0.444 e. The van der Waals surface area contributed by atoms with Crippen LogP contribution in [0.25, 0.3) is 0 Å². The van der Waals surface area contributed by atoms with Gasteiger partial charge < -0.3 is 19.7 Å². The molecule has 0 bridgehead atoms. The molecule has 2 heterocycles. The predicted octanol–water partition coefficient (Wildman–Crippen LogP) is 2.24. The van der Waals surface area contributed by atoms with Gasteiger partial charge in [0.2, 0.25) is 0 Å². The maximum Gasteiger partial charge on any atom is 0.410 e. The van der Waals surface area contributed by atoms with E-state index in [0.717, 1.165) is 12.1 Å². The minimum absolute atomic E-state index is 0.0120. The van der Waals surface area contributed by atoms with E-state index in [1.54, 1.807) is 17.3 Å². The first-order valence-electron chi connectivity index (χ1n) is 7.68. The van der Waals surface area contributed by atoms with E-state index in [2.05, 4.69) is 22.4 Å². The van der Waals surface area contributed by atoms with E-state index in [-0.39, 0.29) is 18.2 Å². The second-order valence-corrected chi connectivity index (χ2v) is 6.67. The van der Waals surface area contributed by atoms with Crippen molar-refractivity contribution in [1.29, 1.82) is 0 Å². The molecule has 0 spiro atoms. The number of nitrogens with one attached hydrogen (secondary N) is 2. The van der Waals surface area contributed by atoms with Gasteiger partial charge in [-0.25, -0.2) is 4.79 Å². The lowest BCUT2D eigenvalue weighted by atomic mass is 10.1. The van der Waals surface area contributed by atoms with Crippen molar-refractivity contribution in [3.8, 4) is 0 Å². The van der Waals surface area contributed by atoms with Crippen LogP contribution in [0.5, 0.6) is 0 Å². The molecule has 0 aromatic carbocycles. The quantitative estimate of drug-likeness (QED) is 0.891. The highest BCUT2D eigenvalue weighted by atomic mass is 16.6. The molecule has 2 atom stereocenters. The van der Waals surface area contributed by atoms with Gasteiger partial charge in [-0.3, -0.25) is 5.10 Å². The van der Waals surface area contributed by atoms with E-state index in [4.69, 9.17) is 9.47 Å². The van der Waals surface area contributed by atoms with Gasteiger partial charge in [0.05, 0.1) is 31.1 Å². The summed E-state index contributed by atoms with van der Waals surface area (Å²) in [5, 5.41) is 10.0. The van der Waals surface area contributed by atoms with Crippen molar-refractivity contribution in [2.24, 2.45) is 0 Å². The topological polar surface area (TPSA) is 79.5 Å². The van der Waals surface area contributed by atoms with Crippen LogP contribution in [0.4, 0.5) is 10.5 Å². The summed E-state index contributed by atoms with van der Waals surface area (Å²) < 4.78 is 11.0. The number of ether oxygens (including phenoxy) is 2. The molecule has 1 fully saturated rings. The molecule has 1 amide bonds. The van der Waals surface area contributed by atoms with Crippen LogP contribution < -0.4 is 5.32 Å². The molecule has 124 valence electrons. The number of hydrogen-bond donors (Lipinski definition) is 2. The number of aromatic nitrogens is 2. The molecule has 0 saturated carbocycles. The highest BCUT2D eigenvalue weighted by molar-refractivity contribution is 5.68. The summed E-state index contributed by atoms with van der Waals surface area (Å²) in [5.74, 6) is 0. The Labute approximate surface area is 131 Å². The first-order chi connectivity index (χ1) is 10.3. The summed E-state index contributed by atoms with van der Waals surface area (Å²) in [6.07, 6.45) is 4.06. The molecular weight excluding hydrogens is 284 g/mol. The Morgan fingerprint density at radius 3 is 3.05 bits per heavy atom. The van der Waals surface area contributed by atoms with Gasteiger partial charge in [-0.2, -0.15) is 5.10 Å². The summed E-state index contributed by atoms with van der Waals surface area (Å²) in [6.45, 7) is 9.37. The van der Waals surface area contributed by atoms with Gasteiger partial charge in [0.25, 0.3) is 0 Å².